The molecule has 0 spiro atoms. The van der Waals surface area contributed by atoms with Crippen LogP contribution in [0.25, 0.3) is 0 Å². The molecular weight excluding hydrogens is 395 g/mol. The number of carbonyl (C=O) groups excluding carboxylic acids is 1. The predicted molar refractivity (Wildman–Crippen MR) is 84.6 cm³/mol. The van der Waals surface area contributed by atoms with Gasteiger partial charge in [-0.25, -0.2) is 9.23 Å². The number of halogens is 3. The molecule has 3 rings (SSSR count). The molecule has 0 saturated heterocycles. The maximum atomic E-state index is 13.4. The van der Waals surface area contributed by atoms with Crippen LogP contribution in [0, 0.1) is 10.7 Å². The fourth-order valence-corrected chi connectivity index (χ4v) is 2.97. The second kappa shape index (κ2) is 6.23. The van der Waals surface area contributed by atoms with Crippen molar-refractivity contribution in [1.82, 2.24) is 0 Å². The Kier molecular flexibility index (Phi) is 4.29. The second-order valence-electron chi connectivity index (χ2n) is 4.51. The molecule has 9 heteroatoms. The summed E-state index contributed by atoms with van der Waals surface area (Å²) < 4.78 is 18.8. The van der Waals surface area contributed by atoms with Gasteiger partial charge in [0.1, 0.15) is 17.2 Å². The van der Waals surface area contributed by atoms with Crippen LogP contribution in [0.4, 0.5) is 15.8 Å². The van der Waals surface area contributed by atoms with Gasteiger partial charge in [0, 0.05) is 11.6 Å². The van der Waals surface area contributed by atoms with E-state index in [1.807, 2.05) is 0 Å². The minimum atomic E-state index is -0.661. The van der Waals surface area contributed by atoms with Crippen LogP contribution in [0.1, 0.15) is 15.9 Å². The Labute approximate surface area is 142 Å². The van der Waals surface area contributed by atoms with Crippen LogP contribution in [-0.4, -0.2) is 12.6 Å². The van der Waals surface area contributed by atoms with Gasteiger partial charge in [-0.2, -0.15) is 0 Å². The van der Waals surface area contributed by atoms with Crippen molar-refractivity contribution in [2.24, 2.45) is 5.18 Å². The molecule has 2 aromatic carbocycles. The van der Waals surface area contributed by atoms with Crippen LogP contribution in [0.3, 0.4) is 0 Å². The number of nitrogens with one attached hydrogen (secondary N) is 1. The Morgan fingerprint density at radius 1 is 1.39 bits per heavy atom. The first-order chi connectivity index (χ1) is 11.0. The topological polar surface area (TPSA) is 77.0 Å². The number of nitroso groups, excluding NO2 is 1. The molecule has 23 heavy (non-hydrogen) atoms. The molecule has 1 aliphatic heterocycles. The largest absolute Gasteiger partial charge is 0.463 e. The van der Waals surface area contributed by atoms with Crippen molar-refractivity contribution in [2.45, 2.75) is 0 Å². The van der Waals surface area contributed by atoms with Crippen LogP contribution < -0.4 is 10.2 Å². The van der Waals surface area contributed by atoms with Gasteiger partial charge in [0.2, 0.25) is 6.79 Å². The lowest BCUT2D eigenvalue weighted by atomic mass is 10.0. The number of anilines is 1. The molecule has 0 amide bonds. The predicted octanol–water partition coefficient (Wildman–Crippen LogP) is 4.56. The van der Waals surface area contributed by atoms with E-state index in [9.17, 15) is 14.1 Å². The molecule has 0 saturated carbocycles. The summed E-state index contributed by atoms with van der Waals surface area (Å²) in [5.74, 6) is -0.997. The highest BCUT2D eigenvalue weighted by Gasteiger charge is 2.27. The zero-order valence-electron chi connectivity index (χ0n) is 11.2. The molecule has 1 aliphatic rings. The highest BCUT2D eigenvalue weighted by molar-refractivity contribution is 9.10. The number of ether oxygens (including phenoxy) is 1. The Balaban J connectivity index is 2.20. The molecule has 0 atom stereocenters. The van der Waals surface area contributed by atoms with Gasteiger partial charge in [-0.15, -0.1) is 4.91 Å². The Morgan fingerprint density at radius 2 is 2.17 bits per heavy atom. The normalized spacial score (nSPS) is 12.8. The third kappa shape index (κ3) is 2.80. The number of hydrogen-bond acceptors (Lipinski definition) is 6. The summed E-state index contributed by atoms with van der Waals surface area (Å²) >= 11 is 9.18. The minimum Gasteiger partial charge on any atom is -0.463 e. The Hall–Kier alpha value is -2.03. The Bertz CT molecular complexity index is 831. The van der Waals surface area contributed by atoms with Crippen molar-refractivity contribution < 1.29 is 18.8 Å². The number of nitrogens with zero attached hydrogens (tertiary/aromatic N) is 1. The lowest BCUT2D eigenvalue weighted by Crippen LogP contribution is -2.17. The number of benzene rings is 2. The molecule has 0 bridgehead atoms. The summed E-state index contributed by atoms with van der Waals surface area (Å²) in [7, 11) is 0. The monoisotopic (exact) mass is 400 g/mol. The molecule has 0 aromatic heterocycles. The van der Waals surface area contributed by atoms with E-state index in [-0.39, 0.29) is 33.1 Å². The number of fused-ring (bicyclic) bond motifs is 1. The molecule has 1 heterocycles. The zero-order valence-corrected chi connectivity index (χ0v) is 13.6. The smallest absolute Gasteiger partial charge is 0.213 e. The minimum absolute atomic E-state index is 0.0540. The first-order valence-electron chi connectivity index (χ1n) is 6.23. The molecule has 2 aromatic rings. The SMILES string of the molecule is O=Nc1cc2c(c(Br)c1C(=O)c1cc(F)ccc1Cl)NOCO2. The van der Waals surface area contributed by atoms with E-state index in [1.54, 1.807) is 0 Å². The van der Waals surface area contributed by atoms with Gasteiger partial charge in [-0.05, 0) is 39.3 Å². The molecular formula is C14H7BrClFN2O4. The van der Waals surface area contributed by atoms with E-state index in [0.717, 1.165) is 12.1 Å². The summed E-state index contributed by atoms with van der Waals surface area (Å²) in [6.45, 7) is -0.0687. The standard InChI is InChI=1S/C14H7BrClFN2O4/c15-12-11(14(20)7-3-6(17)1-2-8(7)16)9(18-21)4-10-13(12)19-23-5-22-10/h1-4,19H,5H2. The van der Waals surface area contributed by atoms with Crippen molar-refractivity contribution >= 4 is 44.7 Å². The number of ketones is 1. The van der Waals surface area contributed by atoms with E-state index >= 15 is 0 Å². The fourth-order valence-electron chi connectivity index (χ4n) is 2.11. The van der Waals surface area contributed by atoms with Crippen LogP contribution >= 0.6 is 27.5 Å². The maximum absolute atomic E-state index is 13.4. The quantitative estimate of drug-likeness (QED) is 0.602. The lowest BCUT2D eigenvalue weighted by Gasteiger charge is -2.21. The van der Waals surface area contributed by atoms with E-state index in [1.165, 1.54) is 12.1 Å². The van der Waals surface area contributed by atoms with Crippen molar-refractivity contribution in [2.75, 3.05) is 12.3 Å². The van der Waals surface area contributed by atoms with Crippen molar-refractivity contribution in [3.05, 3.63) is 55.6 Å². The first kappa shape index (κ1) is 15.9. The summed E-state index contributed by atoms with van der Waals surface area (Å²) in [4.78, 5) is 28.8. The number of carbonyl (C=O) groups is 1. The molecule has 0 fully saturated rings. The van der Waals surface area contributed by atoms with Gasteiger partial charge in [-0.1, -0.05) is 11.6 Å². The summed E-state index contributed by atoms with van der Waals surface area (Å²) in [6, 6.07) is 4.67. The third-order valence-corrected chi connectivity index (χ3v) is 4.28. The number of rotatable bonds is 3. The van der Waals surface area contributed by atoms with Crippen molar-refractivity contribution in [3.63, 3.8) is 0 Å². The average Bonchev–Trinajstić information content (AvgIpc) is 2.56. The van der Waals surface area contributed by atoms with Gasteiger partial charge in [0.25, 0.3) is 0 Å². The Morgan fingerprint density at radius 3 is 2.91 bits per heavy atom. The third-order valence-electron chi connectivity index (χ3n) is 3.16. The second-order valence-corrected chi connectivity index (χ2v) is 5.71. The molecule has 118 valence electrons. The highest BCUT2D eigenvalue weighted by Crippen LogP contribution is 2.44. The molecule has 1 N–H and O–H groups in total. The van der Waals surface area contributed by atoms with Gasteiger partial charge < -0.3 is 4.74 Å². The molecule has 6 nitrogen and oxygen atoms in total. The summed E-state index contributed by atoms with van der Waals surface area (Å²) in [5, 5.41) is 2.91. The van der Waals surface area contributed by atoms with E-state index in [2.05, 4.69) is 26.6 Å². The van der Waals surface area contributed by atoms with E-state index in [4.69, 9.17) is 21.2 Å². The molecule has 0 radical (unpaired) electrons. The highest BCUT2D eigenvalue weighted by atomic mass is 79.9. The maximum Gasteiger partial charge on any atom is 0.213 e. The van der Waals surface area contributed by atoms with Gasteiger partial charge in [-0.3, -0.25) is 10.3 Å². The van der Waals surface area contributed by atoms with Gasteiger partial charge in [0.15, 0.2) is 11.5 Å². The van der Waals surface area contributed by atoms with Crippen molar-refractivity contribution in [3.8, 4) is 5.75 Å². The van der Waals surface area contributed by atoms with Gasteiger partial charge >= 0.3 is 0 Å². The van der Waals surface area contributed by atoms with E-state index in [0.29, 0.717) is 11.4 Å². The van der Waals surface area contributed by atoms with Crippen molar-refractivity contribution in [1.29, 1.82) is 0 Å². The number of hydrogen-bond donors (Lipinski definition) is 1. The van der Waals surface area contributed by atoms with E-state index < -0.39 is 11.6 Å². The lowest BCUT2D eigenvalue weighted by molar-refractivity contribution is 0.0336. The summed E-state index contributed by atoms with van der Waals surface area (Å²) in [6.07, 6.45) is 0. The zero-order chi connectivity index (χ0) is 16.6. The molecule has 0 aliphatic carbocycles. The summed E-state index contributed by atoms with van der Waals surface area (Å²) in [5.41, 5.74) is 2.57. The first-order valence-corrected chi connectivity index (χ1v) is 7.40. The fraction of sp³-hybridized carbons (Fsp3) is 0.0714. The molecule has 0 unspecified atom stereocenters. The van der Waals surface area contributed by atoms with Crippen LogP contribution in [0.15, 0.2) is 33.9 Å². The van der Waals surface area contributed by atoms with Crippen LogP contribution in [-0.2, 0) is 4.84 Å². The van der Waals surface area contributed by atoms with Crippen LogP contribution in [0.5, 0.6) is 5.75 Å². The van der Waals surface area contributed by atoms with Crippen LogP contribution in [0.2, 0.25) is 5.02 Å². The van der Waals surface area contributed by atoms with Gasteiger partial charge in [0.05, 0.1) is 15.1 Å². The average molecular weight is 402 g/mol.